The van der Waals surface area contributed by atoms with Crippen molar-refractivity contribution in [3.8, 4) is 0 Å². The minimum Gasteiger partial charge on any atom is -0.384 e. The number of carbonyl (C=O) groups excluding carboxylic acids is 2. The van der Waals surface area contributed by atoms with Gasteiger partial charge in [0.2, 0.25) is 22.1 Å². The van der Waals surface area contributed by atoms with Crippen LogP contribution in [0.25, 0.3) is 0 Å². The van der Waals surface area contributed by atoms with E-state index in [1.165, 1.54) is 22.7 Å². The number of pyridine rings is 2. The zero-order chi connectivity index (χ0) is 26.5. The number of amides is 2. The van der Waals surface area contributed by atoms with Gasteiger partial charge >= 0.3 is 0 Å². The Morgan fingerprint density at radius 3 is 1.68 bits per heavy atom. The van der Waals surface area contributed by atoms with Gasteiger partial charge in [0, 0.05) is 11.8 Å². The lowest BCUT2D eigenvalue weighted by Crippen LogP contribution is -2.15. The maximum Gasteiger partial charge on any atom is 0.232 e. The highest BCUT2D eigenvalue weighted by atomic mass is 32.1. The fourth-order valence-electron chi connectivity index (χ4n) is 4.39. The molecule has 4 aromatic rings. The quantitative estimate of drug-likeness (QED) is 0.254. The Kier molecular flexibility index (Phi) is 7.79. The van der Waals surface area contributed by atoms with E-state index >= 15 is 0 Å². The van der Waals surface area contributed by atoms with Crippen LogP contribution in [0.15, 0.2) is 36.4 Å². The Morgan fingerprint density at radius 2 is 1.24 bits per heavy atom. The van der Waals surface area contributed by atoms with Crippen molar-refractivity contribution in [3.05, 3.63) is 57.8 Å². The number of rotatable bonds is 8. The van der Waals surface area contributed by atoms with Crippen molar-refractivity contribution >= 4 is 56.4 Å². The predicted molar refractivity (Wildman–Crippen MR) is 146 cm³/mol. The van der Waals surface area contributed by atoms with E-state index in [0.717, 1.165) is 35.7 Å². The second-order valence-corrected chi connectivity index (χ2v) is 11.0. The first-order chi connectivity index (χ1) is 18.4. The molecule has 2 amide bonds. The summed E-state index contributed by atoms with van der Waals surface area (Å²) in [4.78, 5) is 33.1. The average Bonchev–Trinajstić information content (AvgIpc) is 3.54. The normalized spacial score (nSPS) is 17.2. The number of anilines is 4. The molecule has 0 saturated heterocycles. The van der Waals surface area contributed by atoms with Gasteiger partial charge in [0.1, 0.15) is 21.7 Å². The van der Waals surface area contributed by atoms with Crippen LogP contribution in [-0.4, -0.2) is 42.2 Å². The molecule has 2 atom stereocenters. The minimum absolute atomic E-state index is 0.108. The van der Waals surface area contributed by atoms with Gasteiger partial charge in [0.15, 0.2) is 0 Å². The van der Waals surface area contributed by atoms with Gasteiger partial charge < -0.3 is 22.1 Å². The van der Waals surface area contributed by atoms with Crippen LogP contribution in [0.3, 0.4) is 0 Å². The second-order valence-electron chi connectivity index (χ2n) is 9.01. The molecule has 6 N–H and O–H groups in total. The summed E-state index contributed by atoms with van der Waals surface area (Å²) in [7, 11) is 0. The molecule has 196 valence electrons. The first kappa shape index (κ1) is 25.6. The highest BCUT2D eigenvalue weighted by Crippen LogP contribution is 2.43. The molecule has 1 aliphatic rings. The van der Waals surface area contributed by atoms with Gasteiger partial charge in [-0.3, -0.25) is 9.59 Å². The van der Waals surface area contributed by atoms with Gasteiger partial charge in [-0.2, -0.15) is 0 Å². The molecule has 0 aliphatic heterocycles. The highest BCUT2D eigenvalue weighted by Gasteiger charge is 2.29. The van der Waals surface area contributed by atoms with E-state index in [-0.39, 0.29) is 36.5 Å². The van der Waals surface area contributed by atoms with Crippen LogP contribution in [0.4, 0.5) is 21.9 Å². The van der Waals surface area contributed by atoms with E-state index in [4.69, 9.17) is 11.5 Å². The van der Waals surface area contributed by atoms with Gasteiger partial charge in [0.05, 0.1) is 24.2 Å². The summed E-state index contributed by atoms with van der Waals surface area (Å²) in [6.07, 6.45) is 4.06. The number of aromatic nitrogens is 6. The molecule has 0 radical (unpaired) electrons. The second kappa shape index (κ2) is 11.6. The van der Waals surface area contributed by atoms with Crippen molar-refractivity contribution in [2.24, 2.45) is 0 Å². The fraction of sp³-hybridized carbons (Fsp3) is 0.333. The Hall–Kier alpha value is -4.04. The molecule has 1 fully saturated rings. The number of nitrogens with one attached hydrogen (secondary N) is 2. The smallest absolute Gasteiger partial charge is 0.232 e. The van der Waals surface area contributed by atoms with Crippen LogP contribution in [0.2, 0.25) is 0 Å². The molecule has 12 nitrogen and oxygen atoms in total. The van der Waals surface area contributed by atoms with E-state index in [1.807, 2.05) is 0 Å². The predicted octanol–water partition coefficient (Wildman–Crippen LogP) is 3.15. The van der Waals surface area contributed by atoms with Crippen LogP contribution >= 0.6 is 22.7 Å². The summed E-state index contributed by atoms with van der Waals surface area (Å²) < 4.78 is 0. The Balaban J connectivity index is 1.15. The van der Waals surface area contributed by atoms with Crippen molar-refractivity contribution in [2.75, 3.05) is 22.1 Å². The Labute approximate surface area is 226 Å². The lowest BCUT2D eigenvalue weighted by atomic mass is 9.82. The van der Waals surface area contributed by atoms with Crippen molar-refractivity contribution in [2.45, 2.75) is 50.4 Å². The van der Waals surface area contributed by atoms with E-state index in [1.54, 1.807) is 36.4 Å². The minimum atomic E-state index is -0.220. The van der Waals surface area contributed by atoms with Crippen LogP contribution < -0.4 is 22.1 Å². The van der Waals surface area contributed by atoms with Gasteiger partial charge in [-0.25, -0.2) is 9.97 Å². The summed E-state index contributed by atoms with van der Waals surface area (Å²) in [6, 6.07) is 10.4. The van der Waals surface area contributed by atoms with Crippen molar-refractivity contribution < 1.29 is 9.59 Å². The SMILES string of the molecule is Nc1cccc(CC(=O)Nc2nnc([C@H]3CCC[C@H](c4nnc(NC(=O)Cc5cccc(N)n5)s4)C3)s2)n1. The number of nitrogens with two attached hydrogens (primary N) is 2. The van der Waals surface area contributed by atoms with Crippen molar-refractivity contribution in [1.82, 2.24) is 30.4 Å². The molecule has 14 heteroatoms. The van der Waals surface area contributed by atoms with Gasteiger partial charge in [-0.05, 0) is 43.5 Å². The molecule has 0 bridgehead atoms. The Morgan fingerprint density at radius 1 is 0.763 bits per heavy atom. The first-order valence-electron chi connectivity index (χ1n) is 12.1. The average molecular weight is 551 g/mol. The number of hydrogen-bond donors (Lipinski definition) is 4. The van der Waals surface area contributed by atoms with Crippen LogP contribution in [0.1, 0.15) is 58.9 Å². The van der Waals surface area contributed by atoms with Crippen LogP contribution in [0, 0.1) is 0 Å². The number of nitrogens with zero attached hydrogens (tertiary/aromatic N) is 6. The molecule has 0 aromatic carbocycles. The molecular formula is C24H26N10O2S2. The molecule has 5 rings (SSSR count). The lowest BCUT2D eigenvalue weighted by molar-refractivity contribution is -0.116. The highest BCUT2D eigenvalue weighted by molar-refractivity contribution is 7.15. The first-order valence-corrected chi connectivity index (χ1v) is 13.7. The molecule has 1 aliphatic carbocycles. The third kappa shape index (κ3) is 6.63. The molecule has 4 heterocycles. The number of nitrogen functional groups attached to an aromatic ring is 2. The van der Waals surface area contributed by atoms with Gasteiger partial charge in [-0.15, -0.1) is 20.4 Å². The monoisotopic (exact) mass is 550 g/mol. The van der Waals surface area contributed by atoms with E-state index < -0.39 is 0 Å². The summed E-state index contributed by atoms with van der Waals surface area (Å²) in [5.41, 5.74) is 12.6. The molecule has 4 aromatic heterocycles. The van der Waals surface area contributed by atoms with Crippen molar-refractivity contribution in [1.29, 1.82) is 0 Å². The lowest BCUT2D eigenvalue weighted by Gasteiger charge is -2.25. The molecule has 1 saturated carbocycles. The van der Waals surface area contributed by atoms with E-state index in [9.17, 15) is 9.59 Å². The zero-order valence-electron chi connectivity index (χ0n) is 20.3. The van der Waals surface area contributed by atoms with E-state index in [0.29, 0.717) is 33.3 Å². The van der Waals surface area contributed by atoms with Gasteiger partial charge in [-0.1, -0.05) is 41.2 Å². The zero-order valence-corrected chi connectivity index (χ0v) is 22.0. The summed E-state index contributed by atoms with van der Waals surface area (Å²) in [5, 5.41) is 25.4. The summed E-state index contributed by atoms with van der Waals surface area (Å²) >= 11 is 2.78. The van der Waals surface area contributed by atoms with Gasteiger partial charge in [0.25, 0.3) is 0 Å². The van der Waals surface area contributed by atoms with Crippen LogP contribution in [0.5, 0.6) is 0 Å². The van der Waals surface area contributed by atoms with E-state index in [2.05, 4.69) is 41.0 Å². The summed E-state index contributed by atoms with van der Waals surface area (Å²) in [6.45, 7) is 0. The molecular weight excluding hydrogens is 524 g/mol. The number of hydrogen-bond acceptors (Lipinski definition) is 12. The van der Waals surface area contributed by atoms with Crippen molar-refractivity contribution in [3.63, 3.8) is 0 Å². The largest absolute Gasteiger partial charge is 0.384 e. The molecule has 0 unspecified atom stereocenters. The topological polar surface area (TPSA) is 188 Å². The summed E-state index contributed by atoms with van der Waals surface area (Å²) in [5.74, 6) is 0.735. The molecule has 38 heavy (non-hydrogen) atoms. The Bertz CT molecular complexity index is 1330. The molecule has 0 spiro atoms. The fourth-order valence-corrected chi connectivity index (χ4v) is 6.20. The third-order valence-electron chi connectivity index (χ3n) is 6.09. The third-order valence-corrected chi connectivity index (χ3v) is 8.09. The van der Waals surface area contributed by atoms with Crippen LogP contribution in [-0.2, 0) is 22.4 Å². The maximum absolute atomic E-state index is 12.4. The number of carbonyl (C=O) groups is 2. The standard InChI is InChI=1S/C24H26N10O2S2/c25-17-8-2-6-15(27-17)11-19(35)29-23-33-31-21(37-23)13-4-1-5-14(10-13)22-32-34-24(38-22)30-20(36)12-16-7-3-9-18(26)28-16/h2-3,6-9,13-14H,1,4-5,10-12H2,(H2,25,27)(H2,26,28)(H,29,33,35)(H,30,34,36)/t13-,14-/m0/s1. The maximum atomic E-state index is 12.4.